The molecule has 16 heteroatoms. The van der Waals surface area contributed by atoms with Gasteiger partial charge >= 0.3 is 11.7 Å². The second-order valence-corrected chi connectivity index (χ2v) is 12.2. The number of benzene rings is 1. The molecular weight excluding hydrogens is 579 g/mol. The van der Waals surface area contributed by atoms with Gasteiger partial charge in [0.2, 0.25) is 21.7 Å². The first-order chi connectivity index (χ1) is 17.3. The lowest BCUT2D eigenvalue weighted by atomic mass is 10.1. The number of carbonyl (C=O) groups is 1. The van der Waals surface area contributed by atoms with Crippen molar-refractivity contribution in [3.63, 3.8) is 0 Å². The molecule has 1 saturated heterocycles. The predicted molar refractivity (Wildman–Crippen MR) is 131 cm³/mol. The van der Waals surface area contributed by atoms with Crippen molar-refractivity contribution >= 4 is 37.7 Å². The zero-order chi connectivity index (χ0) is 27.0. The van der Waals surface area contributed by atoms with Crippen molar-refractivity contribution in [2.24, 2.45) is 0 Å². The molecule has 13 nitrogen and oxygen atoms in total. The van der Waals surface area contributed by atoms with E-state index in [0.717, 1.165) is 4.57 Å². The number of carbonyl (C=O) groups excluding carboxylic acids is 1. The normalized spacial score (nSPS) is 15.6. The Bertz CT molecular complexity index is 1450. The zero-order valence-electron chi connectivity index (χ0n) is 20.1. The molecule has 37 heavy (non-hydrogen) atoms. The van der Waals surface area contributed by atoms with Crippen molar-refractivity contribution in [2.75, 3.05) is 24.2 Å². The van der Waals surface area contributed by atoms with Gasteiger partial charge in [-0.25, -0.2) is 31.1 Å². The van der Waals surface area contributed by atoms with E-state index in [0.29, 0.717) is 12.8 Å². The van der Waals surface area contributed by atoms with Crippen molar-refractivity contribution in [3.05, 3.63) is 39.0 Å². The molecule has 0 spiro atoms. The molecule has 1 aliphatic rings. The summed E-state index contributed by atoms with van der Waals surface area (Å²) in [6.07, 6.45) is 0.798. The van der Waals surface area contributed by atoms with Crippen molar-refractivity contribution in [1.29, 1.82) is 0 Å². The average molecular weight is 603 g/mol. The molecule has 0 amide bonds. The van der Waals surface area contributed by atoms with Crippen LogP contribution < -0.4 is 11.1 Å². The highest BCUT2D eigenvalue weighted by Crippen LogP contribution is 2.28. The number of hydrogen-bond donors (Lipinski definition) is 1. The van der Waals surface area contributed by atoms with Crippen molar-refractivity contribution < 1.29 is 31.5 Å². The highest BCUT2D eigenvalue weighted by atomic mass is 79.9. The summed E-state index contributed by atoms with van der Waals surface area (Å²) in [6.45, 7) is 5.33. The van der Waals surface area contributed by atoms with Crippen LogP contribution in [0, 0.1) is 5.82 Å². The lowest BCUT2D eigenvalue weighted by molar-refractivity contribution is -0.151. The van der Waals surface area contributed by atoms with Gasteiger partial charge in [0.25, 0.3) is 0 Å². The Kier molecular flexibility index (Phi) is 7.52. The molecular formula is C21H24BrFN6O7S. The second kappa shape index (κ2) is 10.3. The molecule has 3 aromatic rings. The van der Waals surface area contributed by atoms with Crippen LogP contribution >= 0.6 is 15.9 Å². The van der Waals surface area contributed by atoms with Gasteiger partial charge in [-0.1, -0.05) is 5.16 Å². The molecule has 2 aromatic heterocycles. The Morgan fingerprint density at radius 1 is 1.24 bits per heavy atom. The molecule has 0 bridgehead atoms. The molecule has 1 N–H and O–H groups in total. The van der Waals surface area contributed by atoms with Gasteiger partial charge in [-0.05, 0) is 78.1 Å². The molecule has 3 heterocycles. The molecule has 0 radical (unpaired) electrons. The second-order valence-electron chi connectivity index (χ2n) is 9.33. The number of ether oxygens (including phenoxy) is 1. The number of nitrogens with zero attached hydrogens (tertiary/aromatic N) is 5. The lowest BCUT2D eigenvalue weighted by Gasteiger charge is -2.31. The van der Waals surface area contributed by atoms with Gasteiger partial charge in [0.15, 0.2) is 11.4 Å². The van der Waals surface area contributed by atoms with Crippen LogP contribution in [0.15, 0.2) is 36.6 Å². The van der Waals surface area contributed by atoms with Gasteiger partial charge in [0.1, 0.15) is 11.4 Å². The topological polar surface area (TPSA) is 163 Å². The molecule has 0 atom stereocenters. The molecule has 200 valence electrons. The standard InChI is InChI=1S/C21H24BrFN6O7S/c1-21(2,3)34-16(30)11-37(32,33)28-8-6-12(7-9-28)24-18-17(25-36-26-18)19-27-35-20(31)29(19)13-4-5-15(23)14(22)10-13/h4-5,10,12H,6-9,11H2,1-3H3,(H,24,26). The van der Waals surface area contributed by atoms with E-state index in [2.05, 4.69) is 36.7 Å². The molecule has 0 saturated carbocycles. The summed E-state index contributed by atoms with van der Waals surface area (Å²) < 4.78 is 56.2. The summed E-state index contributed by atoms with van der Waals surface area (Å²) in [6, 6.07) is 3.71. The first-order valence-electron chi connectivity index (χ1n) is 11.2. The van der Waals surface area contributed by atoms with E-state index in [1.54, 1.807) is 20.8 Å². The summed E-state index contributed by atoms with van der Waals surface area (Å²) >= 11 is 3.08. The molecule has 1 aliphatic heterocycles. The molecule has 4 rings (SSSR count). The number of esters is 1. The Morgan fingerprint density at radius 2 is 1.95 bits per heavy atom. The van der Waals surface area contributed by atoms with E-state index in [4.69, 9.17) is 13.9 Å². The minimum atomic E-state index is -3.84. The Labute approximate surface area is 219 Å². The van der Waals surface area contributed by atoms with Crippen molar-refractivity contribution in [2.45, 2.75) is 45.3 Å². The largest absolute Gasteiger partial charge is 0.459 e. The Balaban J connectivity index is 1.45. The number of hydrogen-bond acceptors (Lipinski definition) is 11. The highest BCUT2D eigenvalue weighted by molar-refractivity contribution is 9.10. The summed E-state index contributed by atoms with van der Waals surface area (Å²) in [7, 11) is -3.84. The fourth-order valence-corrected chi connectivity index (χ4v) is 5.44. The van der Waals surface area contributed by atoms with Crippen LogP contribution in [0.3, 0.4) is 0 Å². The summed E-state index contributed by atoms with van der Waals surface area (Å²) in [5.74, 6) is -2.74. The van der Waals surface area contributed by atoms with E-state index in [1.807, 2.05) is 0 Å². The number of aromatic nitrogens is 4. The van der Waals surface area contributed by atoms with Crippen LogP contribution in [-0.2, 0) is 19.6 Å². The van der Waals surface area contributed by atoms with Crippen molar-refractivity contribution in [3.8, 4) is 17.2 Å². The third kappa shape index (κ3) is 6.24. The van der Waals surface area contributed by atoms with Crippen LogP contribution in [0.4, 0.5) is 10.2 Å². The van der Waals surface area contributed by atoms with E-state index < -0.39 is 38.9 Å². The van der Waals surface area contributed by atoms with E-state index >= 15 is 0 Å². The average Bonchev–Trinajstić information content (AvgIpc) is 3.40. The minimum Gasteiger partial charge on any atom is -0.459 e. The van der Waals surface area contributed by atoms with Crippen LogP contribution in [0.1, 0.15) is 33.6 Å². The van der Waals surface area contributed by atoms with Gasteiger partial charge < -0.3 is 10.1 Å². The molecule has 1 fully saturated rings. The van der Waals surface area contributed by atoms with Crippen LogP contribution in [0.2, 0.25) is 0 Å². The van der Waals surface area contributed by atoms with Crippen LogP contribution in [0.5, 0.6) is 0 Å². The van der Waals surface area contributed by atoms with Crippen molar-refractivity contribution in [1.82, 2.24) is 24.3 Å². The molecule has 1 aromatic carbocycles. The smallest absolute Gasteiger partial charge is 0.446 e. The van der Waals surface area contributed by atoms with Crippen LogP contribution in [-0.4, -0.2) is 69.2 Å². The van der Waals surface area contributed by atoms with Gasteiger partial charge in [-0.3, -0.25) is 9.32 Å². The third-order valence-electron chi connectivity index (χ3n) is 5.37. The van der Waals surface area contributed by atoms with E-state index in [-0.39, 0.29) is 46.6 Å². The molecule has 0 unspecified atom stereocenters. The molecule has 0 aliphatic carbocycles. The summed E-state index contributed by atoms with van der Waals surface area (Å²) in [5.41, 5.74) is -0.437. The Morgan fingerprint density at radius 3 is 2.59 bits per heavy atom. The maximum Gasteiger partial charge on any atom is 0.446 e. The Hall–Kier alpha value is -3.11. The number of piperidine rings is 1. The number of halogens is 2. The van der Waals surface area contributed by atoms with Crippen LogP contribution in [0.25, 0.3) is 17.2 Å². The maximum atomic E-state index is 13.7. The van der Waals surface area contributed by atoms with Gasteiger partial charge in [-0.2, -0.15) is 0 Å². The quantitative estimate of drug-likeness (QED) is 0.395. The minimum absolute atomic E-state index is 0.0235. The summed E-state index contributed by atoms with van der Waals surface area (Å²) in [5, 5.41) is 14.6. The fourth-order valence-electron chi connectivity index (χ4n) is 3.76. The maximum absolute atomic E-state index is 13.7. The lowest BCUT2D eigenvalue weighted by Crippen LogP contribution is -2.45. The number of rotatable bonds is 7. The number of anilines is 1. The summed E-state index contributed by atoms with van der Waals surface area (Å²) in [4.78, 5) is 24.4. The fraction of sp³-hybridized carbons (Fsp3) is 0.476. The van der Waals surface area contributed by atoms with Gasteiger partial charge in [0, 0.05) is 19.1 Å². The van der Waals surface area contributed by atoms with E-state index in [1.165, 1.54) is 22.5 Å². The first-order valence-corrected chi connectivity index (χ1v) is 13.6. The number of sulfonamides is 1. The first kappa shape index (κ1) is 26.9. The SMILES string of the molecule is CC(C)(C)OC(=O)CS(=O)(=O)N1CCC(Nc2nonc2-c2noc(=O)n2-c2ccc(F)c(Br)c2)CC1. The van der Waals surface area contributed by atoms with Gasteiger partial charge in [0.05, 0.1) is 10.2 Å². The number of nitrogens with one attached hydrogen (secondary N) is 1. The monoisotopic (exact) mass is 602 g/mol. The highest BCUT2D eigenvalue weighted by Gasteiger charge is 2.33. The van der Waals surface area contributed by atoms with E-state index in [9.17, 15) is 22.4 Å². The third-order valence-corrected chi connectivity index (χ3v) is 7.73. The van der Waals surface area contributed by atoms with Gasteiger partial charge in [-0.15, -0.1) is 0 Å². The predicted octanol–water partition coefficient (Wildman–Crippen LogP) is 2.32. The zero-order valence-corrected chi connectivity index (χ0v) is 22.5.